The van der Waals surface area contributed by atoms with Crippen molar-refractivity contribution >= 4 is 12.0 Å². The highest BCUT2D eigenvalue weighted by Crippen LogP contribution is 2.37. The van der Waals surface area contributed by atoms with E-state index in [9.17, 15) is 9.18 Å². The molecule has 1 unspecified atom stereocenters. The minimum absolute atomic E-state index is 0.0511. The van der Waals surface area contributed by atoms with Crippen LogP contribution in [0.5, 0.6) is 0 Å². The van der Waals surface area contributed by atoms with Gasteiger partial charge in [0.25, 0.3) is 0 Å². The molecular weight excluding hydrogens is 315 g/mol. The number of aromatic nitrogens is 1. The summed E-state index contributed by atoms with van der Waals surface area (Å²) in [4.78, 5) is 13.9. The first-order valence-corrected chi connectivity index (χ1v) is 8.41. The van der Waals surface area contributed by atoms with Gasteiger partial charge in [-0.2, -0.15) is 0 Å². The van der Waals surface area contributed by atoms with E-state index in [1.807, 2.05) is 43.3 Å². The zero-order chi connectivity index (χ0) is 17.4. The first-order valence-electron chi connectivity index (χ1n) is 8.41. The van der Waals surface area contributed by atoms with Gasteiger partial charge in [-0.25, -0.2) is 4.39 Å². The zero-order valence-corrected chi connectivity index (χ0v) is 14.0. The van der Waals surface area contributed by atoms with E-state index >= 15 is 0 Å². The molecule has 4 heteroatoms. The number of anilines is 1. The smallest absolute Gasteiger partial charge is 0.152 e. The Morgan fingerprint density at radius 2 is 1.84 bits per heavy atom. The van der Waals surface area contributed by atoms with Gasteiger partial charge >= 0.3 is 0 Å². The lowest BCUT2D eigenvalue weighted by molar-refractivity contribution is 0.112. The average Bonchev–Trinajstić information content (AvgIpc) is 3.10. The molecule has 0 saturated heterocycles. The van der Waals surface area contributed by atoms with Crippen LogP contribution in [0.2, 0.25) is 0 Å². The number of aryl methyl sites for hydroxylation is 1. The second-order valence-corrected chi connectivity index (χ2v) is 6.40. The van der Waals surface area contributed by atoms with E-state index in [0.29, 0.717) is 0 Å². The number of aldehydes is 1. The van der Waals surface area contributed by atoms with Crippen molar-refractivity contribution in [2.24, 2.45) is 0 Å². The molecule has 0 aliphatic carbocycles. The van der Waals surface area contributed by atoms with E-state index in [1.54, 1.807) is 0 Å². The van der Waals surface area contributed by atoms with Crippen molar-refractivity contribution < 1.29 is 9.18 Å². The van der Waals surface area contributed by atoms with Crippen LogP contribution in [0.25, 0.3) is 0 Å². The van der Waals surface area contributed by atoms with Crippen LogP contribution >= 0.6 is 0 Å². The molecule has 3 nitrogen and oxygen atoms in total. The van der Waals surface area contributed by atoms with Crippen molar-refractivity contribution in [1.29, 1.82) is 0 Å². The van der Waals surface area contributed by atoms with E-state index in [-0.39, 0.29) is 11.9 Å². The monoisotopic (exact) mass is 334 g/mol. The average molecular weight is 334 g/mol. The largest absolute Gasteiger partial charge is 0.357 e. The third-order valence-corrected chi connectivity index (χ3v) is 4.95. The molecule has 0 N–H and O–H groups in total. The molecular formula is C21H19FN2O. The first kappa shape index (κ1) is 15.6. The van der Waals surface area contributed by atoms with Gasteiger partial charge in [-0.3, -0.25) is 4.79 Å². The van der Waals surface area contributed by atoms with Crippen LogP contribution in [0.15, 0.2) is 60.8 Å². The third-order valence-electron chi connectivity index (χ3n) is 4.95. The van der Waals surface area contributed by atoms with Crippen LogP contribution in [0, 0.1) is 12.7 Å². The van der Waals surface area contributed by atoms with E-state index < -0.39 is 0 Å². The van der Waals surface area contributed by atoms with Gasteiger partial charge in [0, 0.05) is 36.2 Å². The Morgan fingerprint density at radius 3 is 2.60 bits per heavy atom. The summed E-state index contributed by atoms with van der Waals surface area (Å²) in [5, 5.41) is 0. The molecule has 4 rings (SSSR count). The summed E-state index contributed by atoms with van der Waals surface area (Å²) >= 11 is 0. The summed E-state index contributed by atoms with van der Waals surface area (Å²) in [7, 11) is 0. The van der Waals surface area contributed by atoms with E-state index in [0.717, 1.165) is 47.4 Å². The number of benzene rings is 2. The Bertz CT molecular complexity index is 914. The standard InChI is InChI=1S/C21H19FN2O/c1-15-4-2-5-19(18(15)14-25)24-13-12-23-11-3-6-20(23)21(24)16-7-9-17(22)10-8-16/h2-11,14,21H,12-13H2,1H3. The van der Waals surface area contributed by atoms with Gasteiger partial charge < -0.3 is 9.47 Å². The lowest BCUT2D eigenvalue weighted by Gasteiger charge is -2.39. The summed E-state index contributed by atoms with van der Waals surface area (Å²) in [6.07, 6.45) is 3.00. The Balaban J connectivity index is 1.88. The highest BCUT2D eigenvalue weighted by molar-refractivity contribution is 5.87. The maximum absolute atomic E-state index is 13.4. The summed E-state index contributed by atoms with van der Waals surface area (Å²) in [5.41, 5.74) is 4.77. The minimum atomic E-state index is -0.245. The zero-order valence-electron chi connectivity index (χ0n) is 14.0. The van der Waals surface area contributed by atoms with Gasteiger partial charge in [-0.05, 0) is 48.4 Å². The first-order chi connectivity index (χ1) is 12.2. The summed E-state index contributed by atoms with van der Waals surface area (Å²) in [5.74, 6) is -0.245. The number of hydrogen-bond donors (Lipinski definition) is 0. The summed E-state index contributed by atoms with van der Waals surface area (Å²) in [6.45, 7) is 3.59. The highest BCUT2D eigenvalue weighted by Gasteiger charge is 2.30. The number of nitrogens with zero attached hydrogens (tertiary/aromatic N) is 2. The second kappa shape index (κ2) is 6.20. The van der Waals surface area contributed by atoms with Crippen molar-refractivity contribution in [3.8, 4) is 0 Å². The molecule has 1 aliphatic rings. The van der Waals surface area contributed by atoms with Gasteiger partial charge in [0.1, 0.15) is 5.82 Å². The van der Waals surface area contributed by atoms with E-state index in [4.69, 9.17) is 0 Å². The predicted molar refractivity (Wildman–Crippen MR) is 96.6 cm³/mol. The van der Waals surface area contributed by atoms with E-state index in [2.05, 4.69) is 21.7 Å². The lowest BCUT2D eigenvalue weighted by atomic mass is 9.97. The fourth-order valence-corrected chi connectivity index (χ4v) is 3.71. The number of hydrogen-bond acceptors (Lipinski definition) is 2. The van der Waals surface area contributed by atoms with Crippen molar-refractivity contribution in [3.05, 3.63) is 89.0 Å². The quantitative estimate of drug-likeness (QED) is 0.665. The van der Waals surface area contributed by atoms with Gasteiger partial charge in [-0.15, -0.1) is 0 Å². The maximum atomic E-state index is 13.4. The van der Waals surface area contributed by atoms with Gasteiger partial charge in [-0.1, -0.05) is 24.3 Å². The van der Waals surface area contributed by atoms with Crippen molar-refractivity contribution in [2.75, 3.05) is 11.4 Å². The molecule has 3 aromatic rings. The SMILES string of the molecule is Cc1cccc(N2CCn3cccc3C2c2ccc(F)cc2)c1C=O. The van der Waals surface area contributed by atoms with Crippen LogP contribution in [0.3, 0.4) is 0 Å². The summed E-state index contributed by atoms with van der Waals surface area (Å²) < 4.78 is 15.6. The molecule has 126 valence electrons. The topological polar surface area (TPSA) is 25.2 Å². The van der Waals surface area contributed by atoms with Gasteiger partial charge in [0.05, 0.1) is 6.04 Å². The van der Waals surface area contributed by atoms with Gasteiger partial charge in [0.15, 0.2) is 6.29 Å². The molecule has 0 saturated carbocycles. The number of carbonyl (C=O) groups excluding carboxylic acids is 1. The van der Waals surface area contributed by atoms with Crippen LogP contribution in [-0.4, -0.2) is 17.4 Å². The number of halogens is 1. The van der Waals surface area contributed by atoms with Crippen molar-refractivity contribution in [3.63, 3.8) is 0 Å². The van der Waals surface area contributed by atoms with Gasteiger partial charge in [0.2, 0.25) is 0 Å². The Morgan fingerprint density at radius 1 is 1.04 bits per heavy atom. The van der Waals surface area contributed by atoms with Crippen LogP contribution in [-0.2, 0) is 6.54 Å². The number of fused-ring (bicyclic) bond motifs is 1. The molecule has 1 atom stereocenters. The fourth-order valence-electron chi connectivity index (χ4n) is 3.71. The molecule has 0 spiro atoms. The Kier molecular flexibility index (Phi) is 3.88. The molecule has 0 bridgehead atoms. The van der Waals surface area contributed by atoms with Crippen molar-refractivity contribution in [1.82, 2.24) is 4.57 Å². The minimum Gasteiger partial charge on any atom is -0.357 e. The maximum Gasteiger partial charge on any atom is 0.152 e. The predicted octanol–water partition coefficient (Wildman–Crippen LogP) is 4.36. The molecule has 2 heterocycles. The van der Waals surface area contributed by atoms with Crippen LogP contribution in [0.1, 0.15) is 33.2 Å². The Labute approximate surface area is 146 Å². The fraction of sp³-hybridized carbons (Fsp3) is 0.190. The molecule has 0 fully saturated rings. The molecule has 2 aromatic carbocycles. The Hall–Kier alpha value is -2.88. The molecule has 25 heavy (non-hydrogen) atoms. The molecule has 0 radical (unpaired) electrons. The molecule has 1 aliphatic heterocycles. The molecule has 0 amide bonds. The second-order valence-electron chi connectivity index (χ2n) is 6.40. The lowest BCUT2D eigenvalue weighted by Crippen LogP contribution is -2.39. The van der Waals surface area contributed by atoms with Crippen LogP contribution < -0.4 is 4.90 Å². The number of rotatable bonds is 3. The summed E-state index contributed by atoms with van der Waals surface area (Å²) in [6, 6.07) is 16.6. The van der Waals surface area contributed by atoms with E-state index in [1.165, 1.54) is 12.1 Å². The van der Waals surface area contributed by atoms with Crippen LogP contribution in [0.4, 0.5) is 10.1 Å². The van der Waals surface area contributed by atoms with Crippen molar-refractivity contribution in [2.45, 2.75) is 19.5 Å². The highest BCUT2D eigenvalue weighted by atomic mass is 19.1. The molecule has 1 aromatic heterocycles. The number of carbonyl (C=O) groups is 1. The normalized spacial score (nSPS) is 16.6. The third kappa shape index (κ3) is 2.64.